The SMILES string of the molecule is CS(=O)(=O)c1cccc(NC(=O)CN2CCN(C(c3ccccc3)c3ccccc3)CC2)c1. The van der Waals surface area contributed by atoms with Crippen LogP contribution in [-0.4, -0.2) is 63.1 Å². The Labute approximate surface area is 195 Å². The van der Waals surface area contributed by atoms with E-state index in [1.165, 1.54) is 23.3 Å². The predicted octanol–water partition coefficient (Wildman–Crippen LogP) is 3.44. The highest BCUT2D eigenvalue weighted by Gasteiger charge is 2.27. The van der Waals surface area contributed by atoms with Gasteiger partial charge in [0.15, 0.2) is 9.84 Å². The standard InChI is InChI=1S/C26H29N3O3S/c1-33(31,32)24-14-8-13-23(19-24)27-25(30)20-28-15-17-29(18-16-28)26(21-9-4-2-5-10-21)22-11-6-3-7-12-22/h2-14,19,26H,15-18,20H2,1H3,(H,27,30). The lowest BCUT2D eigenvalue weighted by Crippen LogP contribution is -2.49. The van der Waals surface area contributed by atoms with Gasteiger partial charge in [-0.15, -0.1) is 0 Å². The molecule has 1 fully saturated rings. The Morgan fingerprint density at radius 1 is 0.848 bits per heavy atom. The van der Waals surface area contributed by atoms with Crippen molar-refractivity contribution in [3.05, 3.63) is 96.1 Å². The molecule has 0 aliphatic carbocycles. The van der Waals surface area contributed by atoms with E-state index in [0.29, 0.717) is 5.69 Å². The summed E-state index contributed by atoms with van der Waals surface area (Å²) in [6.07, 6.45) is 1.16. The van der Waals surface area contributed by atoms with Crippen molar-refractivity contribution >= 4 is 21.4 Å². The molecule has 7 heteroatoms. The van der Waals surface area contributed by atoms with Gasteiger partial charge in [-0.25, -0.2) is 8.42 Å². The molecule has 3 aromatic carbocycles. The fourth-order valence-electron chi connectivity index (χ4n) is 4.27. The molecule has 172 valence electrons. The quantitative estimate of drug-likeness (QED) is 0.581. The number of carbonyl (C=O) groups is 1. The highest BCUT2D eigenvalue weighted by molar-refractivity contribution is 7.90. The number of amides is 1. The Kier molecular flexibility index (Phi) is 7.23. The van der Waals surface area contributed by atoms with Gasteiger partial charge in [-0.3, -0.25) is 14.6 Å². The van der Waals surface area contributed by atoms with Crippen LogP contribution in [-0.2, 0) is 14.6 Å². The first kappa shape index (κ1) is 23.2. The molecule has 0 aromatic heterocycles. The van der Waals surface area contributed by atoms with Crippen molar-refractivity contribution in [2.75, 3.05) is 44.3 Å². The number of hydrogen-bond acceptors (Lipinski definition) is 5. The Balaban J connectivity index is 1.37. The average molecular weight is 464 g/mol. The first-order valence-electron chi connectivity index (χ1n) is 11.1. The van der Waals surface area contributed by atoms with Crippen LogP contribution in [0.15, 0.2) is 89.8 Å². The second-order valence-corrected chi connectivity index (χ2v) is 10.4. The second kappa shape index (κ2) is 10.3. The molecule has 0 radical (unpaired) electrons. The second-order valence-electron chi connectivity index (χ2n) is 8.38. The number of hydrogen-bond donors (Lipinski definition) is 1. The molecular formula is C26H29N3O3S. The van der Waals surface area contributed by atoms with Crippen molar-refractivity contribution in [1.29, 1.82) is 0 Å². The van der Waals surface area contributed by atoms with Crippen LogP contribution in [0.3, 0.4) is 0 Å². The number of sulfone groups is 1. The largest absolute Gasteiger partial charge is 0.325 e. The Morgan fingerprint density at radius 2 is 1.42 bits per heavy atom. The number of anilines is 1. The topological polar surface area (TPSA) is 69.7 Å². The van der Waals surface area contributed by atoms with Crippen molar-refractivity contribution in [1.82, 2.24) is 9.80 Å². The third kappa shape index (κ3) is 6.07. The molecule has 1 N–H and O–H groups in total. The average Bonchev–Trinajstić information content (AvgIpc) is 2.81. The molecule has 1 amide bonds. The number of piperazine rings is 1. The molecule has 1 heterocycles. The fraction of sp³-hybridized carbons (Fsp3) is 0.269. The van der Waals surface area contributed by atoms with E-state index in [0.717, 1.165) is 32.4 Å². The number of carbonyl (C=O) groups excluding carboxylic acids is 1. The highest BCUT2D eigenvalue weighted by Crippen LogP contribution is 2.29. The first-order valence-corrected chi connectivity index (χ1v) is 13.0. The van der Waals surface area contributed by atoms with E-state index in [1.807, 2.05) is 12.1 Å². The van der Waals surface area contributed by atoms with Crippen LogP contribution in [0.25, 0.3) is 0 Å². The molecule has 6 nitrogen and oxygen atoms in total. The van der Waals surface area contributed by atoms with E-state index in [1.54, 1.807) is 12.1 Å². The summed E-state index contributed by atoms with van der Waals surface area (Å²) in [5.74, 6) is -0.142. The number of benzene rings is 3. The molecule has 1 aliphatic heterocycles. The number of rotatable bonds is 7. The highest BCUT2D eigenvalue weighted by atomic mass is 32.2. The molecule has 3 aromatic rings. The van der Waals surface area contributed by atoms with E-state index in [4.69, 9.17) is 0 Å². The van der Waals surface area contributed by atoms with Crippen LogP contribution in [0.2, 0.25) is 0 Å². The van der Waals surface area contributed by atoms with Crippen LogP contribution >= 0.6 is 0 Å². The number of nitrogens with one attached hydrogen (secondary N) is 1. The Hall–Kier alpha value is -3.00. The summed E-state index contributed by atoms with van der Waals surface area (Å²) in [6, 6.07) is 27.6. The van der Waals surface area contributed by atoms with Gasteiger partial charge in [0.1, 0.15) is 0 Å². The minimum absolute atomic E-state index is 0.142. The maximum Gasteiger partial charge on any atom is 0.238 e. The van der Waals surface area contributed by atoms with Gasteiger partial charge in [-0.1, -0.05) is 66.7 Å². The van der Waals surface area contributed by atoms with Crippen molar-refractivity contribution in [3.8, 4) is 0 Å². The molecule has 33 heavy (non-hydrogen) atoms. The van der Waals surface area contributed by atoms with Gasteiger partial charge in [-0.05, 0) is 29.3 Å². The van der Waals surface area contributed by atoms with Crippen molar-refractivity contribution < 1.29 is 13.2 Å². The van der Waals surface area contributed by atoms with Gasteiger partial charge in [-0.2, -0.15) is 0 Å². The maximum absolute atomic E-state index is 12.6. The molecule has 0 spiro atoms. The van der Waals surface area contributed by atoms with Crippen molar-refractivity contribution in [2.24, 2.45) is 0 Å². The molecule has 1 aliphatic rings. The predicted molar refractivity (Wildman–Crippen MR) is 131 cm³/mol. The van der Waals surface area contributed by atoms with Crippen LogP contribution in [0.4, 0.5) is 5.69 Å². The zero-order valence-corrected chi connectivity index (χ0v) is 19.5. The summed E-state index contributed by atoms with van der Waals surface area (Å²) in [5, 5.41) is 2.83. The molecule has 0 bridgehead atoms. The van der Waals surface area contributed by atoms with E-state index in [2.05, 4.69) is 63.6 Å². The molecule has 0 saturated carbocycles. The molecule has 4 rings (SSSR count). The summed E-state index contributed by atoms with van der Waals surface area (Å²) in [5.41, 5.74) is 3.02. The van der Waals surface area contributed by atoms with Crippen LogP contribution in [0.1, 0.15) is 17.2 Å². The Morgan fingerprint density at radius 3 is 1.97 bits per heavy atom. The van der Waals surface area contributed by atoms with E-state index in [-0.39, 0.29) is 23.4 Å². The van der Waals surface area contributed by atoms with Gasteiger partial charge >= 0.3 is 0 Å². The third-order valence-corrected chi connectivity index (χ3v) is 7.03. The van der Waals surface area contributed by atoms with Gasteiger partial charge in [0.05, 0.1) is 17.5 Å². The van der Waals surface area contributed by atoms with Crippen LogP contribution < -0.4 is 5.32 Å². The zero-order valence-electron chi connectivity index (χ0n) is 18.7. The van der Waals surface area contributed by atoms with Gasteiger partial charge < -0.3 is 5.32 Å². The molecule has 1 saturated heterocycles. The lowest BCUT2D eigenvalue weighted by molar-refractivity contribution is -0.117. The van der Waals surface area contributed by atoms with E-state index < -0.39 is 9.84 Å². The molecular weight excluding hydrogens is 434 g/mol. The lowest BCUT2D eigenvalue weighted by Gasteiger charge is -2.39. The summed E-state index contributed by atoms with van der Waals surface area (Å²) >= 11 is 0. The van der Waals surface area contributed by atoms with Gasteiger partial charge in [0.2, 0.25) is 5.91 Å². The molecule has 0 unspecified atom stereocenters. The molecule has 0 atom stereocenters. The number of nitrogens with zero attached hydrogens (tertiary/aromatic N) is 2. The monoisotopic (exact) mass is 463 g/mol. The van der Waals surface area contributed by atoms with Crippen LogP contribution in [0, 0.1) is 0 Å². The van der Waals surface area contributed by atoms with E-state index >= 15 is 0 Å². The maximum atomic E-state index is 12.6. The minimum Gasteiger partial charge on any atom is -0.325 e. The van der Waals surface area contributed by atoms with E-state index in [9.17, 15) is 13.2 Å². The smallest absolute Gasteiger partial charge is 0.238 e. The third-order valence-electron chi connectivity index (χ3n) is 5.92. The van der Waals surface area contributed by atoms with Crippen LogP contribution in [0.5, 0.6) is 0 Å². The van der Waals surface area contributed by atoms with Crippen molar-refractivity contribution in [2.45, 2.75) is 10.9 Å². The zero-order chi connectivity index (χ0) is 23.3. The summed E-state index contributed by atoms with van der Waals surface area (Å²) < 4.78 is 23.5. The van der Waals surface area contributed by atoms with Gasteiger partial charge in [0, 0.05) is 38.1 Å². The van der Waals surface area contributed by atoms with Crippen molar-refractivity contribution in [3.63, 3.8) is 0 Å². The summed E-state index contributed by atoms with van der Waals surface area (Å²) in [4.78, 5) is 17.4. The normalized spacial score (nSPS) is 15.5. The fourth-order valence-corrected chi connectivity index (χ4v) is 4.94. The Bertz CT molecular complexity index is 1140. The minimum atomic E-state index is -3.32. The first-order chi connectivity index (χ1) is 15.9. The lowest BCUT2D eigenvalue weighted by atomic mass is 9.96. The summed E-state index contributed by atoms with van der Waals surface area (Å²) in [6.45, 7) is 3.55. The summed E-state index contributed by atoms with van der Waals surface area (Å²) in [7, 11) is -3.32. The van der Waals surface area contributed by atoms with Gasteiger partial charge in [0.25, 0.3) is 0 Å².